The number of benzene rings is 2. The van der Waals surface area contributed by atoms with Crippen molar-refractivity contribution in [1.82, 2.24) is 14.6 Å². The summed E-state index contributed by atoms with van der Waals surface area (Å²) in [5, 5.41) is 13.2. The minimum absolute atomic E-state index is 0.163. The van der Waals surface area contributed by atoms with Crippen LogP contribution in [-0.4, -0.2) is 20.5 Å². The first-order valence-corrected chi connectivity index (χ1v) is 7.32. The van der Waals surface area contributed by atoms with Gasteiger partial charge in [-0.2, -0.15) is 0 Å². The number of carbonyl (C=O) groups excluding carboxylic acids is 1. The molecule has 5 heteroatoms. The second-order valence-corrected chi connectivity index (χ2v) is 5.41. The third kappa shape index (κ3) is 2.42. The van der Waals surface area contributed by atoms with Gasteiger partial charge in [-0.25, -0.2) is 0 Å². The molecule has 1 amide bonds. The van der Waals surface area contributed by atoms with Gasteiger partial charge in [0.1, 0.15) is 5.82 Å². The number of hydrogen-bond donors (Lipinski definition) is 1. The number of hydrogen-bond acceptors (Lipinski definition) is 3. The highest BCUT2D eigenvalue weighted by molar-refractivity contribution is 6.05. The second-order valence-electron chi connectivity index (χ2n) is 5.41. The molecular weight excluding hydrogens is 288 g/mol. The molecule has 0 atom stereocenters. The van der Waals surface area contributed by atoms with E-state index >= 15 is 0 Å². The first kappa shape index (κ1) is 13.5. The van der Waals surface area contributed by atoms with Crippen LogP contribution in [0, 0.1) is 6.92 Å². The van der Waals surface area contributed by atoms with E-state index in [1.165, 1.54) is 0 Å². The van der Waals surface area contributed by atoms with Crippen LogP contribution < -0.4 is 5.32 Å². The van der Waals surface area contributed by atoms with Crippen LogP contribution in [0.25, 0.3) is 16.4 Å². The van der Waals surface area contributed by atoms with Crippen molar-refractivity contribution >= 4 is 28.0 Å². The fourth-order valence-electron chi connectivity index (χ4n) is 2.62. The van der Waals surface area contributed by atoms with E-state index in [2.05, 4.69) is 15.5 Å². The number of rotatable bonds is 2. The van der Waals surface area contributed by atoms with Gasteiger partial charge in [0.05, 0.1) is 0 Å². The summed E-state index contributed by atoms with van der Waals surface area (Å²) < 4.78 is 1.84. The number of carbonyl (C=O) groups is 1. The molecule has 0 spiro atoms. The molecule has 0 aliphatic carbocycles. The quantitative estimate of drug-likeness (QED) is 0.617. The molecule has 5 nitrogen and oxygen atoms in total. The number of fused-ring (bicyclic) bond motifs is 2. The lowest BCUT2D eigenvalue weighted by Crippen LogP contribution is -2.12. The van der Waals surface area contributed by atoms with Crippen LogP contribution in [-0.2, 0) is 0 Å². The van der Waals surface area contributed by atoms with Crippen LogP contribution in [0.15, 0.2) is 60.8 Å². The number of anilines is 1. The zero-order chi connectivity index (χ0) is 15.8. The van der Waals surface area contributed by atoms with Crippen molar-refractivity contribution < 1.29 is 4.79 Å². The lowest BCUT2D eigenvalue weighted by atomic mass is 10.1. The summed E-state index contributed by atoms with van der Waals surface area (Å²) in [5.74, 6) is 0.630. The van der Waals surface area contributed by atoms with E-state index < -0.39 is 0 Å². The average Bonchev–Trinajstić information content (AvgIpc) is 2.95. The van der Waals surface area contributed by atoms with Crippen LogP contribution >= 0.6 is 0 Å². The SMILES string of the molecule is Cc1nnc2cc(C(=O)Nc3ccc4ccccc4c3)ccn12. The first-order chi connectivity index (χ1) is 11.2. The number of nitrogens with one attached hydrogen (secondary N) is 1. The Bertz CT molecular complexity index is 1040. The Kier molecular flexibility index (Phi) is 3.05. The van der Waals surface area contributed by atoms with E-state index in [1.54, 1.807) is 18.3 Å². The maximum atomic E-state index is 12.4. The molecule has 1 N–H and O–H groups in total. The van der Waals surface area contributed by atoms with Gasteiger partial charge in [0.15, 0.2) is 5.65 Å². The maximum absolute atomic E-state index is 12.4. The van der Waals surface area contributed by atoms with Crippen molar-refractivity contribution in [1.29, 1.82) is 0 Å². The minimum atomic E-state index is -0.163. The molecule has 0 aliphatic heterocycles. The monoisotopic (exact) mass is 302 g/mol. The summed E-state index contributed by atoms with van der Waals surface area (Å²) in [7, 11) is 0. The van der Waals surface area contributed by atoms with Crippen LogP contribution in [0.2, 0.25) is 0 Å². The number of amides is 1. The fourth-order valence-corrected chi connectivity index (χ4v) is 2.62. The summed E-state index contributed by atoms with van der Waals surface area (Å²) in [6, 6.07) is 17.4. The molecule has 2 aromatic carbocycles. The van der Waals surface area contributed by atoms with E-state index in [-0.39, 0.29) is 5.91 Å². The summed E-state index contributed by atoms with van der Waals surface area (Å²) >= 11 is 0. The van der Waals surface area contributed by atoms with Gasteiger partial charge in [-0.15, -0.1) is 10.2 Å². The van der Waals surface area contributed by atoms with Crippen molar-refractivity contribution in [2.45, 2.75) is 6.92 Å². The highest BCUT2D eigenvalue weighted by Crippen LogP contribution is 2.19. The van der Waals surface area contributed by atoms with Gasteiger partial charge in [0.2, 0.25) is 0 Å². The van der Waals surface area contributed by atoms with Crippen LogP contribution in [0.4, 0.5) is 5.69 Å². The molecule has 4 rings (SSSR count). The largest absolute Gasteiger partial charge is 0.322 e. The Morgan fingerprint density at radius 3 is 2.70 bits per heavy atom. The van der Waals surface area contributed by atoms with Crippen molar-refractivity contribution in [3.8, 4) is 0 Å². The number of nitrogens with zero attached hydrogens (tertiary/aromatic N) is 3. The standard InChI is InChI=1S/C18H14N4O/c1-12-20-21-17-11-15(8-9-22(12)17)18(23)19-16-7-6-13-4-2-3-5-14(13)10-16/h2-11H,1H3,(H,19,23). The van der Waals surface area contributed by atoms with E-state index in [1.807, 2.05) is 53.8 Å². The molecule has 0 fully saturated rings. The second kappa shape index (κ2) is 5.21. The Morgan fingerprint density at radius 2 is 1.83 bits per heavy atom. The maximum Gasteiger partial charge on any atom is 0.255 e. The third-order valence-electron chi connectivity index (χ3n) is 3.85. The van der Waals surface area contributed by atoms with Gasteiger partial charge in [-0.05, 0) is 42.0 Å². The third-order valence-corrected chi connectivity index (χ3v) is 3.85. The Morgan fingerprint density at radius 1 is 1.00 bits per heavy atom. The molecule has 0 saturated heterocycles. The van der Waals surface area contributed by atoms with Crippen molar-refractivity contribution in [3.63, 3.8) is 0 Å². The summed E-state index contributed by atoms with van der Waals surface area (Å²) in [6.45, 7) is 1.87. The van der Waals surface area contributed by atoms with Crippen LogP contribution in [0.5, 0.6) is 0 Å². The number of aryl methyl sites for hydroxylation is 1. The fraction of sp³-hybridized carbons (Fsp3) is 0.0556. The molecular formula is C18H14N4O. The zero-order valence-corrected chi connectivity index (χ0v) is 12.5. The minimum Gasteiger partial charge on any atom is -0.322 e. The molecule has 0 unspecified atom stereocenters. The van der Waals surface area contributed by atoms with Gasteiger partial charge >= 0.3 is 0 Å². The normalized spacial score (nSPS) is 11.0. The van der Waals surface area contributed by atoms with E-state index in [0.29, 0.717) is 11.2 Å². The van der Waals surface area contributed by atoms with E-state index in [0.717, 1.165) is 22.3 Å². The van der Waals surface area contributed by atoms with Gasteiger partial charge in [0, 0.05) is 17.4 Å². The van der Waals surface area contributed by atoms with Gasteiger partial charge < -0.3 is 5.32 Å². The van der Waals surface area contributed by atoms with Crippen molar-refractivity contribution in [2.24, 2.45) is 0 Å². The molecule has 23 heavy (non-hydrogen) atoms. The predicted molar refractivity (Wildman–Crippen MR) is 89.6 cm³/mol. The van der Waals surface area contributed by atoms with E-state index in [4.69, 9.17) is 0 Å². The molecule has 0 saturated carbocycles. The van der Waals surface area contributed by atoms with Gasteiger partial charge in [0.25, 0.3) is 5.91 Å². The Hall–Kier alpha value is -3.21. The van der Waals surface area contributed by atoms with E-state index in [9.17, 15) is 4.79 Å². The van der Waals surface area contributed by atoms with Gasteiger partial charge in [-0.1, -0.05) is 30.3 Å². The molecule has 112 valence electrons. The lowest BCUT2D eigenvalue weighted by molar-refractivity contribution is 0.102. The average molecular weight is 302 g/mol. The highest BCUT2D eigenvalue weighted by Gasteiger charge is 2.09. The molecule has 2 heterocycles. The summed E-state index contributed by atoms with van der Waals surface area (Å²) in [4.78, 5) is 12.4. The van der Waals surface area contributed by atoms with Crippen LogP contribution in [0.1, 0.15) is 16.2 Å². The summed E-state index contributed by atoms with van der Waals surface area (Å²) in [5.41, 5.74) is 1.98. The Labute approximate surface area is 132 Å². The molecule has 0 bridgehead atoms. The number of aromatic nitrogens is 3. The van der Waals surface area contributed by atoms with Gasteiger partial charge in [-0.3, -0.25) is 9.20 Å². The molecule has 0 radical (unpaired) electrons. The van der Waals surface area contributed by atoms with Crippen molar-refractivity contribution in [2.75, 3.05) is 5.32 Å². The smallest absolute Gasteiger partial charge is 0.255 e. The Balaban J connectivity index is 1.64. The topological polar surface area (TPSA) is 59.3 Å². The molecule has 0 aliphatic rings. The van der Waals surface area contributed by atoms with Crippen LogP contribution in [0.3, 0.4) is 0 Å². The first-order valence-electron chi connectivity index (χ1n) is 7.32. The highest BCUT2D eigenvalue weighted by atomic mass is 16.1. The molecule has 4 aromatic rings. The number of pyridine rings is 1. The molecule has 2 aromatic heterocycles. The summed E-state index contributed by atoms with van der Waals surface area (Å²) in [6.07, 6.45) is 1.81. The lowest BCUT2D eigenvalue weighted by Gasteiger charge is -2.07. The predicted octanol–water partition coefficient (Wildman–Crippen LogP) is 3.44. The van der Waals surface area contributed by atoms with Crippen molar-refractivity contribution in [3.05, 3.63) is 72.2 Å². The zero-order valence-electron chi connectivity index (χ0n) is 12.5.